The van der Waals surface area contributed by atoms with Gasteiger partial charge in [-0.3, -0.25) is 14.0 Å². The average Bonchev–Trinajstić information content (AvgIpc) is 2.89. The van der Waals surface area contributed by atoms with E-state index in [0.717, 1.165) is 18.4 Å². The molecule has 0 bridgehead atoms. The van der Waals surface area contributed by atoms with E-state index in [4.69, 9.17) is 0 Å². The molecule has 1 aliphatic heterocycles. The lowest BCUT2D eigenvalue weighted by Gasteiger charge is -2.38. The highest BCUT2D eigenvalue weighted by Crippen LogP contribution is 2.24. The van der Waals surface area contributed by atoms with Crippen molar-refractivity contribution in [1.29, 1.82) is 0 Å². The van der Waals surface area contributed by atoms with E-state index in [2.05, 4.69) is 10.2 Å². The second kappa shape index (κ2) is 12.5. The molecule has 0 unspecified atom stereocenters. The van der Waals surface area contributed by atoms with Gasteiger partial charge in [-0.15, -0.1) is 0 Å². The number of carbonyl (C=O) groups excluding carboxylic acids is 1. The van der Waals surface area contributed by atoms with Crippen LogP contribution in [0.15, 0.2) is 78.9 Å². The molecule has 9 heteroatoms. The summed E-state index contributed by atoms with van der Waals surface area (Å²) in [5, 5.41) is 3.06. The van der Waals surface area contributed by atoms with Crippen LogP contribution in [-0.2, 0) is 27.0 Å². The minimum atomic E-state index is -3.78. The Kier molecular flexibility index (Phi) is 9.12. The van der Waals surface area contributed by atoms with Crippen LogP contribution in [0, 0.1) is 11.6 Å². The third kappa shape index (κ3) is 7.61. The summed E-state index contributed by atoms with van der Waals surface area (Å²) >= 11 is 0. The molecule has 0 saturated carbocycles. The third-order valence-electron chi connectivity index (χ3n) is 6.85. The van der Waals surface area contributed by atoms with Crippen LogP contribution in [0.25, 0.3) is 0 Å². The quantitative estimate of drug-likeness (QED) is 0.410. The maximum Gasteiger partial charge on any atom is 0.239 e. The maximum atomic E-state index is 14.1. The minimum Gasteiger partial charge on any atom is -0.353 e. The van der Waals surface area contributed by atoms with Crippen LogP contribution < -0.4 is 9.62 Å². The number of nitrogens with zero attached hydrogens (tertiary/aromatic N) is 2. The van der Waals surface area contributed by atoms with Gasteiger partial charge >= 0.3 is 0 Å². The Morgan fingerprint density at radius 3 is 2.29 bits per heavy atom. The number of anilines is 1. The Morgan fingerprint density at radius 1 is 0.947 bits per heavy atom. The molecule has 202 valence electrons. The predicted molar refractivity (Wildman–Crippen MR) is 145 cm³/mol. The molecule has 3 aromatic rings. The summed E-state index contributed by atoms with van der Waals surface area (Å²) in [6.45, 7) is 3.54. The number of sulfonamides is 1. The Bertz CT molecular complexity index is 1310. The Morgan fingerprint density at radius 2 is 1.63 bits per heavy atom. The maximum absolute atomic E-state index is 14.1. The van der Waals surface area contributed by atoms with Gasteiger partial charge in [0.15, 0.2) is 0 Å². The van der Waals surface area contributed by atoms with Crippen LogP contribution >= 0.6 is 0 Å². The van der Waals surface area contributed by atoms with Crippen molar-refractivity contribution in [2.45, 2.75) is 44.0 Å². The SMILES string of the molecule is C[C@H](CN(c1cccc(F)c1)S(=O)(=O)Cc1ccccc1)N1CCC(NC(=O)Cc2ccc(F)cc2)CC1. The molecule has 6 nitrogen and oxygen atoms in total. The number of amides is 1. The van der Waals surface area contributed by atoms with Gasteiger partial charge in [-0.1, -0.05) is 48.5 Å². The van der Waals surface area contributed by atoms with E-state index in [-0.39, 0.29) is 42.5 Å². The summed E-state index contributed by atoms with van der Waals surface area (Å²) in [7, 11) is -3.78. The van der Waals surface area contributed by atoms with Gasteiger partial charge in [0.1, 0.15) is 11.6 Å². The predicted octanol–water partition coefficient (Wildman–Crippen LogP) is 4.51. The average molecular weight is 542 g/mol. The summed E-state index contributed by atoms with van der Waals surface area (Å²) in [5.74, 6) is -1.11. The van der Waals surface area contributed by atoms with Crippen molar-refractivity contribution in [3.63, 3.8) is 0 Å². The molecule has 0 aromatic heterocycles. The fraction of sp³-hybridized carbons (Fsp3) is 0.345. The lowest BCUT2D eigenvalue weighted by atomic mass is 10.0. The van der Waals surface area contributed by atoms with Crippen molar-refractivity contribution >= 4 is 21.6 Å². The largest absolute Gasteiger partial charge is 0.353 e. The molecule has 3 aromatic carbocycles. The van der Waals surface area contributed by atoms with Gasteiger partial charge in [0, 0.05) is 31.7 Å². The molecule has 1 heterocycles. The van der Waals surface area contributed by atoms with E-state index < -0.39 is 15.8 Å². The second-order valence-corrected chi connectivity index (χ2v) is 11.7. The van der Waals surface area contributed by atoms with Crippen molar-refractivity contribution in [3.8, 4) is 0 Å². The summed E-state index contributed by atoms with van der Waals surface area (Å²) in [5.41, 5.74) is 1.72. The highest BCUT2D eigenvalue weighted by Gasteiger charge is 2.29. The van der Waals surface area contributed by atoms with E-state index in [9.17, 15) is 22.0 Å². The molecule has 38 heavy (non-hydrogen) atoms. The van der Waals surface area contributed by atoms with Crippen LogP contribution in [0.1, 0.15) is 30.9 Å². The number of likely N-dealkylation sites (tertiary alicyclic amines) is 1. The molecule has 0 spiro atoms. The van der Waals surface area contributed by atoms with Crippen LogP contribution in [0.2, 0.25) is 0 Å². The molecule has 1 atom stereocenters. The van der Waals surface area contributed by atoms with E-state index in [1.165, 1.54) is 34.6 Å². The molecular weight excluding hydrogens is 508 g/mol. The van der Waals surface area contributed by atoms with Crippen molar-refractivity contribution in [2.24, 2.45) is 0 Å². The second-order valence-electron chi connectivity index (χ2n) is 9.78. The van der Waals surface area contributed by atoms with Crippen LogP contribution in [-0.4, -0.2) is 50.9 Å². The molecule has 4 rings (SSSR count). The van der Waals surface area contributed by atoms with Crippen molar-refractivity contribution in [2.75, 3.05) is 23.9 Å². The zero-order chi connectivity index (χ0) is 27.1. The number of hydrogen-bond acceptors (Lipinski definition) is 4. The summed E-state index contributed by atoms with van der Waals surface area (Å²) < 4.78 is 55.4. The zero-order valence-electron chi connectivity index (χ0n) is 21.4. The van der Waals surface area contributed by atoms with Gasteiger partial charge in [0.2, 0.25) is 15.9 Å². The lowest BCUT2D eigenvalue weighted by molar-refractivity contribution is -0.121. The number of nitrogens with one attached hydrogen (secondary N) is 1. The van der Waals surface area contributed by atoms with E-state index in [1.54, 1.807) is 42.5 Å². The number of halogens is 2. The number of hydrogen-bond donors (Lipinski definition) is 1. The van der Waals surface area contributed by atoms with Crippen LogP contribution in [0.3, 0.4) is 0 Å². The third-order valence-corrected chi connectivity index (χ3v) is 8.58. The summed E-state index contributed by atoms with van der Waals surface area (Å²) in [6, 6.07) is 20.4. The highest BCUT2D eigenvalue weighted by atomic mass is 32.2. The number of rotatable bonds is 10. The van der Waals surface area contributed by atoms with Crippen LogP contribution in [0.4, 0.5) is 14.5 Å². The standard InChI is InChI=1S/C29H33F2N3O3S/c1-22(33-16-14-27(15-17-33)32-29(35)18-23-10-12-25(30)13-11-23)20-34(28-9-5-8-26(31)19-28)38(36,37)21-24-6-3-2-4-7-24/h2-13,19,22,27H,14-18,20-21H2,1H3,(H,32,35)/t22-/m1/s1. The molecule has 1 fully saturated rings. The van der Waals surface area contributed by atoms with Crippen molar-refractivity contribution in [1.82, 2.24) is 10.2 Å². The van der Waals surface area contributed by atoms with Gasteiger partial charge in [-0.25, -0.2) is 17.2 Å². The number of piperidine rings is 1. The highest BCUT2D eigenvalue weighted by molar-refractivity contribution is 7.92. The number of benzene rings is 3. The molecule has 1 aliphatic rings. The lowest BCUT2D eigenvalue weighted by Crippen LogP contribution is -2.51. The van der Waals surface area contributed by atoms with Gasteiger partial charge in [-0.05, 0) is 61.2 Å². The van der Waals surface area contributed by atoms with Gasteiger partial charge in [-0.2, -0.15) is 0 Å². The van der Waals surface area contributed by atoms with E-state index in [0.29, 0.717) is 24.3 Å². The van der Waals surface area contributed by atoms with Crippen molar-refractivity contribution in [3.05, 3.63) is 102 Å². The van der Waals surface area contributed by atoms with Gasteiger partial charge in [0.05, 0.1) is 17.9 Å². The fourth-order valence-electron chi connectivity index (χ4n) is 4.78. The molecule has 1 saturated heterocycles. The first-order chi connectivity index (χ1) is 18.2. The van der Waals surface area contributed by atoms with Gasteiger partial charge in [0.25, 0.3) is 0 Å². The molecular formula is C29H33F2N3O3S. The van der Waals surface area contributed by atoms with E-state index in [1.807, 2.05) is 13.0 Å². The topological polar surface area (TPSA) is 69.7 Å². The minimum absolute atomic E-state index is 0.0209. The fourth-order valence-corrected chi connectivity index (χ4v) is 6.43. The smallest absolute Gasteiger partial charge is 0.239 e. The first-order valence-electron chi connectivity index (χ1n) is 12.8. The monoisotopic (exact) mass is 541 g/mol. The Balaban J connectivity index is 1.37. The number of carbonyl (C=O) groups is 1. The first kappa shape index (κ1) is 27.7. The van der Waals surface area contributed by atoms with E-state index >= 15 is 0 Å². The molecule has 0 aliphatic carbocycles. The molecule has 0 radical (unpaired) electrons. The zero-order valence-corrected chi connectivity index (χ0v) is 22.2. The molecule has 1 N–H and O–H groups in total. The molecule has 1 amide bonds. The normalized spacial score (nSPS) is 15.7. The van der Waals surface area contributed by atoms with Gasteiger partial charge < -0.3 is 5.32 Å². The summed E-state index contributed by atoms with van der Waals surface area (Å²) in [4.78, 5) is 14.7. The first-order valence-corrected chi connectivity index (χ1v) is 14.4. The van der Waals surface area contributed by atoms with Crippen molar-refractivity contribution < 1.29 is 22.0 Å². The Hall–Kier alpha value is -3.30. The Labute approximate surface area is 223 Å². The summed E-state index contributed by atoms with van der Waals surface area (Å²) in [6.07, 6.45) is 1.66. The van der Waals surface area contributed by atoms with Crippen LogP contribution in [0.5, 0.6) is 0 Å².